The van der Waals surface area contributed by atoms with Crippen molar-refractivity contribution in [3.8, 4) is 0 Å². The van der Waals surface area contributed by atoms with Gasteiger partial charge in [-0.25, -0.2) is 0 Å². The molecule has 1 aliphatic heterocycles. The summed E-state index contributed by atoms with van der Waals surface area (Å²) >= 11 is 0. The highest BCUT2D eigenvalue weighted by atomic mass is 16.3. The molecule has 1 aliphatic rings. The number of aliphatic hydroxyl groups is 1. The summed E-state index contributed by atoms with van der Waals surface area (Å²) in [7, 11) is 0. The van der Waals surface area contributed by atoms with Crippen LogP contribution in [0, 0.1) is 18.3 Å². The van der Waals surface area contributed by atoms with E-state index in [2.05, 4.69) is 44.7 Å². The fraction of sp³-hybridized carbons (Fsp3) is 0.667. The average molecular weight is 275 g/mol. The maximum Gasteiger partial charge on any atom is 0.0802 e. The van der Waals surface area contributed by atoms with Gasteiger partial charge in [-0.15, -0.1) is 0 Å². The molecule has 2 nitrogen and oxygen atoms in total. The standard InChI is InChI=1S/C18H29NO/c1-14-6-5-7-15(12-14)17(20)9-11-19-10-8-16(13-19)18(2,3)4/h5-7,12,16-17,20H,8-11,13H2,1-4H3. The van der Waals surface area contributed by atoms with Crippen LogP contribution < -0.4 is 0 Å². The maximum absolute atomic E-state index is 10.3. The van der Waals surface area contributed by atoms with Gasteiger partial charge in [0.1, 0.15) is 0 Å². The predicted octanol–water partition coefficient (Wildman–Crippen LogP) is 3.79. The van der Waals surface area contributed by atoms with Crippen molar-refractivity contribution in [2.45, 2.75) is 46.6 Å². The predicted molar refractivity (Wildman–Crippen MR) is 84.8 cm³/mol. The number of likely N-dealkylation sites (tertiary alicyclic amines) is 1. The van der Waals surface area contributed by atoms with E-state index in [1.54, 1.807) is 0 Å². The lowest BCUT2D eigenvalue weighted by Gasteiger charge is -2.27. The second kappa shape index (κ2) is 6.28. The van der Waals surface area contributed by atoms with Crippen LogP contribution in [-0.2, 0) is 0 Å². The van der Waals surface area contributed by atoms with Crippen LogP contribution in [0.1, 0.15) is 50.8 Å². The van der Waals surface area contributed by atoms with Gasteiger partial charge in [0.25, 0.3) is 0 Å². The Kier molecular flexibility index (Phi) is 4.87. The number of hydrogen-bond donors (Lipinski definition) is 1. The molecule has 20 heavy (non-hydrogen) atoms. The molecule has 1 aromatic rings. The van der Waals surface area contributed by atoms with Crippen LogP contribution in [0.4, 0.5) is 0 Å². The molecule has 0 aromatic heterocycles. The van der Waals surface area contributed by atoms with E-state index in [-0.39, 0.29) is 6.10 Å². The molecule has 1 aromatic carbocycles. The SMILES string of the molecule is Cc1cccc(C(O)CCN2CCC(C(C)(C)C)C2)c1. The smallest absolute Gasteiger partial charge is 0.0802 e. The molecule has 0 saturated carbocycles. The molecule has 2 heteroatoms. The highest BCUT2D eigenvalue weighted by molar-refractivity contribution is 5.23. The number of hydrogen-bond acceptors (Lipinski definition) is 2. The zero-order valence-electron chi connectivity index (χ0n) is 13.4. The molecule has 0 radical (unpaired) electrons. The van der Waals surface area contributed by atoms with Crippen molar-refractivity contribution in [2.75, 3.05) is 19.6 Å². The lowest BCUT2D eigenvalue weighted by Crippen LogP contribution is -2.27. The lowest BCUT2D eigenvalue weighted by atomic mass is 9.80. The molecule has 2 atom stereocenters. The minimum Gasteiger partial charge on any atom is -0.388 e. The van der Waals surface area contributed by atoms with E-state index in [1.807, 2.05) is 12.1 Å². The van der Waals surface area contributed by atoms with Gasteiger partial charge in [-0.05, 0) is 43.2 Å². The summed E-state index contributed by atoms with van der Waals surface area (Å²) in [5, 5.41) is 10.3. The highest BCUT2D eigenvalue weighted by Gasteiger charge is 2.31. The van der Waals surface area contributed by atoms with Crippen LogP contribution in [0.2, 0.25) is 0 Å². The quantitative estimate of drug-likeness (QED) is 0.904. The summed E-state index contributed by atoms with van der Waals surface area (Å²) in [4.78, 5) is 2.51. The highest BCUT2D eigenvalue weighted by Crippen LogP contribution is 2.33. The molecule has 1 saturated heterocycles. The van der Waals surface area contributed by atoms with Gasteiger partial charge in [0, 0.05) is 13.1 Å². The van der Waals surface area contributed by atoms with Gasteiger partial charge in [-0.3, -0.25) is 0 Å². The Morgan fingerprint density at radius 2 is 2.10 bits per heavy atom. The Hall–Kier alpha value is -0.860. The number of benzene rings is 1. The third-order valence-corrected chi connectivity index (χ3v) is 4.64. The van der Waals surface area contributed by atoms with Crippen molar-refractivity contribution >= 4 is 0 Å². The van der Waals surface area contributed by atoms with Crippen molar-refractivity contribution < 1.29 is 5.11 Å². The van der Waals surface area contributed by atoms with Crippen molar-refractivity contribution in [1.82, 2.24) is 4.90 Å². The first-order valence-electron chi connectivity index (χ1n) is 7.83. The van der Waals surface area contributed by atoms with Gasteiger partial charge in [-0.1, -0.05) is 50.6 Å². The second-order valence-corrected chi connectivity index (χ2v) is 7.37. The summed E-state index contributed by atoms with van der Waals surface area (Å²) in [5.41, 5.74) is 2.68. The number of aliphatic hydroxyl groups excluding tert-OH is 1. The van der Waals surface area contributed by atoms with Crippen LogP contribution >= 0.6 is 0 Å². The fourth-order valence-corrected chi connectivity index (χ4v) is 3.09. The Morgan fingerprint density at radius 3 is 2.70 bits per heavy atom. The number of aryl methyl sites for hydroxylation is 1. The number of rotatable bonds is 4. The van der Waals surface area contributed by atoms with E-state index in [9.17, 15) is 5.11 Å². The number of nitrogens with zero attached hydrogens (tertiary/aromatic N) is 1. The van der Waals surface area contributed by atoms with Gasteiger partial charge in [-0.2, -0.15) is 0 Å². The summed E-state index contributed by atoms with van der Waals surface area (Å²) in [6.07, 6.45) is 1.80. The Labute approximate surface area is 123 Å². The first-order chi connectivity index (χ1) is 9.36. The van der Waals surface area contributed by atoms with Gasteiger partial charge in [0.2, 0.25) is 0 Å². The summed E-state index contributed by atoms with van der Waals surface area (Å²) in [6, 6.07) is 8.22. The summed E-state index contributed by atoms with van der Waals surface area (Å²) in [5.74, 6) is 0.790. The van der Waals surface area contributed by atoms with Gasteiger partial charge >= 0.3 is 0 Å². The van der Waals surface area contributed by atoms with E-state index in [0.717, 1.165) is 24.4 Å². The zero-order valence-corrected chi connectivity index (χ0v) is 13.4. The molecule has 2 rings (SSSR count). The van der Waals surface area contributed by atoms with Crippen molar-refractivity contribution in [1.29, 1.82) is 0 Å². The van der Waals surface area contributed by atoms with Gasteiger partial charge in [0.15, 0.2) is 0 Å². The maximum atomic E-state index is 10.3. The molecule has 1 heterocycles. The van der Waals surface area contributed by atoms with E-state index < -0.39 is 0 Å². The van der Waals surface area contributed by atoms with Gasteiger partial charge in [0.05, 0.1) is 6.10 Å². The van der Waals surface area contributed by atoms with Crippen molar-refractivity contribution in [3.05, 3.63) is 35.4 Å². The Morgan fingerprint density at radius 1 is 1.35 bits per heavy atom. The third-order valence-electron chi connectivity index (χ3n) is 4.64. The Balaban J connectivity index is 1.82. The van der Waals surface area contributed by atoms with Crippen LogP contribution in [-0.4, -0.2) is 29.6 Å². The fourth-order valence-electron chi connectivity index (χ4n) is 3.09. The molecule has 2 unspecified atom stereocenters. The minimum atomic E-state index is -0.330. The molecule has 0 amide bonds. The van der Waals surface area contributed by atoms with E-state index in [0.29, 0.717) is 5.41 Å². The molecule has 0 spiro atoms. The molecule has 1 fully saturated rings. The first-order valence-corrected chi connectivity index (χ1v) is 7.83. The van der Waals surface area contributed by atoms with Crippen molar-refractivity contribution in [2.24, 2.45) is 11.3 Å². The summed E-state index contributed by atoms with van der Waals surface area (Å²) in [6.45, 7) is 12.5. The van der Waals surface area contributed by atoms with E-state index in [1.165, 1.54) is 25.1 Å². The topological polar surface area (TPSA) is 23.5 Å². The minimum absolute atomic E-state index is 0.330. The third kappa shape index (κ3) is 4.07. The second-order valence-electron chi connectivity index (χ2n) is 7.37. The van der Waals surface area contributed by atoms with Gasteiger partial charge < -0.3 is 10.0 Å². The first kappa shape index (κ1) is 15.5. The normalized spacial score (nSPS) is 22.1. The van der Waals surface area contributed by atoms with Crippen LogP contribution in [0.3, 0.4) is 0 Å². The molecule has 0 bridgehead atoms. The molecule has 112 valence electrons. The summed E-state index contributed by atoms with van der Waals surface area (Å²) < 4.78 is 0. The van der Waals surface area contributed by atoms with Crippen LogP contribution in [0.25, 0.3) is 0 Å². The lowest BCUT2D eigenvalue weighted by molar-refractivity contribution is 0.144. The molecular formula is C18H29NO. The van der Waals surface area contributed by atoms with E-state index >= 15 is 0 Å². The molecule has 0 aliphatic carbocycles. The van der Waals surface area contributed by atoms with E-state index in [4.69, 9.17) is 0 Å². The zero-order chi connectivity index (χ0) is 14.8. The van der Waals surface area contributed by atoms with Crippen LogP contribution in [0.5, 0.6) is 0 Å². The monoisotopic (exact) mass is 275 g/mol. The largest absolute Gasteiger partial charge is 0.388 e. The average Bonchev–Trinajstić information content (AvgIpc) is 2.84. The molecule has 1 N–H and O–H groups in total. The Bertz CT molecular complexity index is 435. The molecular weight excluding hydrogens is 246 g/mol. The van der Waals surface area contributed by atoms with Crippen LogP contribution in [0.15, 0.2) is 24.3 Å². The van der Waals surface area contributed by atoms with Crippen molar-refractivity contribution in [3.63, 3.8) is 0 Å².